The lowest BCUT2D eigenvalue weighted by atomic mass is 9.91. The third-order valence-electron chi connectivity index (χ3n) is 6.43. The number of nitrogens with zero attached hydrogens (tertiary/aromatic N) is 2. The zero-order chi connectivity index (χ0) is 22.5. The smallest absolute Gasteiger partial charge is 0.246 e. The zero-order valence-corrected chi connectivity index (χ0v) is 19.8. The fourth-order valence-electron chi connectivity index (χ4n) is 4.02. The molecule has 0 aromatic carbocycles. The van der Waals surface area contributed by atoms with Crippen molar-refractivity contribution in [3.8, 4) is 0 Å². The van der Waals surface area contributed by atoms with Gasteiger partial charge in [-0.25, -0.2) is 0 Å². The van der Waals surface area contributed by atoms with Crippen LogP contribution in [0.4, 0.5) is 0 Å². The van der Waals surface area contributed by atoms with Gasteiger partial charge in [0.2, 0.25) is 11.8 Å². The van der Waals surface area contributed by atoms with E-state index in [0.29, 0.717) is 24.5 Å². The Morgan fingerprint density at radius 1 is 1.37 bits per heavy atom. The first-order chi connectivity index (χ1) is 14.0. The maximum atomic E-state index is 12.5. The molecular formula is C25H39N3O2. The molecule has 1 N–H and O–H groups in total. The molecular weight excluding hydrogens is 374 g/mol. The van der Waals surface area contributed by atoms with Gasteiger partial charge in [-0.2, -0.15) is 0 Å². The van der Waals surface area contributed by atoms with E-state index in [1.165, 1.54) is 0 Å². The average Bonchev–Trinajstić information content (AvgIpc) is 3.38. The highest BCUT2D eigenvalue weighted by atomic mass is 16.2. The maximum Gasteiger partial charge on any atom is 0.246 e. The van der Waals surface area contributed by atoms with E-state index in [4.69, 9.17) is 0 Å². The molecule has 1 aromatic heterocycles. The summed E-state index contributed by atoms with van der Waals surface area (Å²) < 4.78 is 0. The van der Waals surface area contributed by atoms with Crippen LogP contribution in [0.3, 0.4) is 0 Å². The average molecular weight is 414 g/mol. The fraction of sp³-hybridized carbons (Fsp3) is 0.640. The number of amides is 2. The van der Waals surface area contributed by atoms with Crippen LogP contribution in [0.25, 0.3) is 6.08 Å². The number of aromatic nitrogens is 1. The lowest BCUT2D eigenvalue weighted by molar-refractivity contribution is -0.132. The van der Waals surface area contributed by atoms with E-state index >= 15 is 0 Å². The van der Waals surface area contributed by atoms with Crippen molar-refractivity contribution in [1.82, 2.24) is 15.2 Å². The first kappa shape index (κ1) is 24.1. The van der Waals surface area contributed by atoms with E-state index in [0.717, 1.165) is 36.9 Å². The molecule has 1 aliphatic carbocycles. The standard InChI is InChI=1S/C25H39N3O2/c1-8-25(10-12-28(7)22(29)15-24(4,5)6)14-21(25)17-27-23(30)19(3)13-20-16-26-11-9-18(20)2/h9,11,13,16,21H,8,10,12,14-15,17H2,1-7H3,(H,27,30)/b19-13+. The fourth-order valence-corrected chi connectivity index (χ4v) is 4.02. The summed E-state index contributed by atoms with van der Waals surface area (Å²) in [6, 6.07) is 1.94. The van der Waals surface area contributed by atoms with Gasteiger partial charge >= 0.3 is 0 Å². The molecule has 2 rings (SSSR count). The highest BCUT2D eigenvalue weighted by Gasteiger charge is 2.51. The second-order valence-electron chi connectivity index (χ2n) is 10.2. The number of pyridine rings is 1. The molecule has 30 heavy (non-hydrogen) atoms. The molecule has 166 valence electrons. The van der Waals surface area contributed by atoms with Crippen molar-refractivity contribution in [1.29, 1.82) is 0 Å². The molecule has 1 fully saturated rings. The summed E-state index contributed by atoms with van der Waals surface area (Å²) in [6.07, 6.45) is 9.21. The van der Waals surface area contributed by atoms with Crippen molar-refractivity contribution in [3.63, 3.8) is 0 Å². The zero-order valence-electron chi connectivity index (χ0n) is 19.8. The highest BCUT2D eigenvalue weighted by molar-refractivity contribution is 5.97. The monoisotopic (exact) mass is 413 g/mol. The van der Waals surface area contributed by atoms with Gasteiger partial charge in [0, 0.05) is 44.5 Å². The normalized spacial score (nSPS) is 21.3. The molecule has 1 aromatic rings. The molecule has 1 saturated carbocycles. The first-order valence-corrected chi connectivity index (χ1v) is 11.1. The maximum absolute atomic E-state index is 12.5. The van der Waals surface area contributed by atoms with E-state index in [2.05, 4.69) is 38.0 Å². The molecule has 2 amide bonds. The molecule has 2 atom stereocenters. The SMILES string of the molecule is CCC1(CCN(C)C(=O)CC(C)(C)C)CC1CNC(=O)/C(C)=C/c1cnccc1C. The molecule has 0 spiro atoms. The van der Waals surface area contributed by atoms with Crippen molar-refractivity contribution in [2.75, 3.05) is 20.1 Å². The predicted octanol–water partition coefficient (Wildman–Crippen LogP) is 4.61. The van der Waals surface area contributed by atoms with Gasteiger partial charge in [0.05, 0.1) is 0 Å². The third kappa shape index (κ3) is 6.68. The second kappa shape index (κ2) is 9.76. The number of nitrogens with one attached hydrogen (secondary N) is 1. The van der Waals surface area contributed by atoms with Crippen LogP contribution in [0.5, 0.6) is 0 Å². The van der Waals surface area contributed by atoms with Crippen LogP contribution in [0, 0.1) is 23.7 Å². The molecule has 0 aliphatic heterocycles. The summed E-state index contributed by atoms with van der Waals surface area (Å²) in [5.41, 5.74) is 3.04. The molecule has 0 saturated heterocycles. The molecule has 0 bridgehead atoms. The molecule has 5 nitrogen and oxygen atoms in total. The molecule has 1 aliphatic rings. The minimum Gasteiger partial charge on any atom is -0.352 e. The Hall–Kier alpha value is -2.17. The van der Waals surface area contributed by atoms with Gasteiger partial charge in [0.15, 0.2) is 0 Å². The number of carbonyl (C=O) groups is 2. The van der Waals surface area contributed by atoms with Crippen LogP contribution < -0.4 is 5.32 Å². The van der Waals surface area contributed by atoms with Gasteiger partial charge in [0.1, 0.15) is 0 Å². The summed E-state index contributed by atoms with van der Waals surface area (Å²) in [5, 5.41) is 3.11. The summed E-state index contributed by atoms with van der Waals surface area (Å²) in [7, 11) is 1.91. The van der Waals surface area contributed by atoms with Crippen molar-refractivity contribution >= 4 is 17.9 Å². The Morgan fingerprint density at radius 3 is 2.67 bits per heavy atom. The van der Waals surface area contributed by atoms with Crippen LogP contribution in [0.2, 0.25) is 0 Å². The molecule has 0 radical (unpaired) electrons. The highest BCUT2D eigenvalue weighted by Crippen LogP contribution is 2.57. The Morgan fingerprint density at radius 2 is 2.07 bits per heavy atom. The van der Waals surface area contributed by atoms with E-state index in [9.17, 15) is 9.59 Å². The van der Waals surface area contributed by atoms with Crippen molar-refractivity contribution in [2.45, 2.75) is 67.2 Å². The Labute approximate surface area is 182 Å². The van der Waals surface area contributed by atoms with Crippen LogP contribution in [-0.4, -0.2) is 41.8 Å². The van der Waals surface area contributed by atoms with Gasteiger partial charge in [-0.05, 0) is 66.7 Å². The van der Waals surface area contributed by atoms with Crippen LogP contribution in [0.15, 0.2) is 24.0 Å². The van der Waals surface area contributed by atoms with Crippen LogP contribution in [-0.2, 0) is 9.59 Å². The van der Waals surface area contributed by atoms with Crippen molar-refractivity contribution in [3.05, 3.63) is 35.2 Å². The second-order valence-corrected chi connectivity index (χ2v) is 10.2. The van der Waals surface area contributed by atoms with Gasteiger partial charge < -0.3 is 10.2 Å². The number of hydrogen-bond acceptors (Lipinski definition) is 3. The Balaban J connectivity index is 1.83. The van der Waals surface area contributed by atoms with Crippen molar-refractivity contribution < 1.29 is 9.59 Å². The van der Waals surface area contributed by atoms with Gasteiger partial charge in [-0.1, -0.05) is 34.1 Å². The predicted molar refractivity (Wildman–Crippen MR) is 123 cm³/mol. The van der Waals surface area contributed by atoms with E-state index < -0.39 is 0 Å². The van der Waals surface area contributed by atoms with Crippen LogP contribution >= 0.6 is 0 Å². The van der Waals surface area contributed by atoms with Crippen LogP contribution in [0.1, 0.15) is 71.4 Å². The number of carbonyl (C=O) groups excluding carboxylic acids is 2. The minimum absolute atomic E-state index is 0.0138. The quantitative estimate of drug-likeness (QED) is 0.601. The Kier molecular flexibility index (Phi) is 7.84. The molecule has 2 unspecified atom stereocenters. The molecule has 5 heteroatoms. The lowest BCUT2D eigenvalue weighted by Crippen LogP contribution is -2.33. The van der Waals surface area contributed by atoms with Crippen molar-refractivity contribution in [2.24, 2.45) is 16.7 Å². The number of hydrogen-bond donors (Lipinski definition) is 1. The Bertz CT molecular complexity index is 794. The summed E-state index contributed by atoms with van der Waals surface area (Å²) in [5.74, 6) is 0.684. The van der Waals surface area contributed by atoms with E-state index in [-0.39, 0.29) is 22.6 Å². The number of aryl methyl sites for hydroxylation is 1. The van der Waals surface area contributed by atoms with Gasteiger partial charge in [-0.15, -0.1) is 0 Å². The van der Waals surface area contributed by atoms with E-state index in [1.54, 1.807) is 12.4 Å². The largest absolute Gasteiger partial charge is 0.352 e. The number of rotatable bonds is 9. The van der Waals surface area contributed by atoms with E-state index in [1.807, 2.05) is 37.9 Å². The summed E-state index contributed by atoms with van der Waals surface area (Å²) >= 11 is 0. The topological polar surface area (TPSA) is 62.3 Å². The van der Waals surface area contributed by atoms with Gasteiger partial charge in [-0.3, -0.25) is 14.6 Å². The minimum atomic E-state index is -0.0207. The van der Waals surface area contributed by atoms with Gasteiger partial charge in [0.25, 0.3) is 0 Å². The third-order valence-corrected chi connectivity index (χ3v) is 6.43. The molecule has 1 heterocycles. The summed E-state index contributed by atoms with van der Waals surface area (Å²) in [6.45, 7) is 13.8. The lowest BCUT2D eigenvalue weighted by Gasteiger charge is -2.25. The summed E-state index contributed by atoms with van der Waals surface area (Å²) in [4.78, 5) is 30.9. The first-order valence-electron chi connectivity index (χ1n) is 11.1.